The van der Waals surface area contributed by atoms with E-state index >= 15 is 0 Å². The second-order valence-corrected chi connectivity index (χ2v) is 5.67. The minimum absolute atomic E-state index is 0. The number of amides is 1. The van der Waals surface area contributed by atoms with Crippen LogP contribution in [0.3, 0.4) is 0 Å². The summed E-state index contributed by atoms with van der Waals surface area (Å²) < 4.78 is 0. The standard InChI is InChI=1S/C14H29N3O.ClH/c1-4-5-8-16(3)11-13-6-9-17(10-7-13)14(18)12(2)15;/h12-13H,4-11,15H2,1-3H3;1H. The molecule has 1 amide bonds. The van der Waals surface area contributed by atoms with Crippen molar-refractivity contribution in [2.45, 2.75) is 45.6 Å². The first-order chi connectivity index (χ1) is 8.54. The molecule has 2 N–H and O–H groups in total. The van der Waals surface area contributed by atoms with Crippen molar-refractivity contribution >= 4 is 18.3 Å². The van der Waals surface area contributed by atoms with Crippen LogP contribution in [0.25, 0.3) is 0 Å². The molecular weight excluding hydrogens is 262 g/mol. The van der Waals surface area contributed by atoms with Crippen molar-refractivity contribution in [2.24, 2.45) is 11.7 Å². The highest BCUT2D eigenvalue weighted by Crippen LogP contribution is 2.18. The third-order valence-corrected chi connectivity index (χ3v) is 3.78. The summed E-state index contributed by atoms with van der Waals surface area (Å²) in [5, 5.41) is 0. The molecule has 0 aromatic heterocycles. The van der Waals surface area contributed by atoms with Gasteiger partial charge in [0.05, 0.1) is 6.04 Å². The van der Waals surface area contributed by atoms with Crippen molar-refractivity contribution in [3.63, 3.8) is 0 Å². The van der Waals surface area contributed by atoms with Crippen molar-refractivity contribution in [2.75, 3.05) is 33.2 Å². The molecule has 5 heteroatoms. The van der Waals surface area contributed by atoms with Gasteiger partial charge in [-0.05, 0) is 45.7 Å². The first-order valence-electron chi connectivity index (χ1n) is 7.27. The summed E-state index contributed by atoms with van der Waals surface area (Å²) in [6.45, 7) is 8.12. The summed E-state index contributed by atoms with van der Waals surface area (Å²) in [7, 11) is 2.20. The number of carbonyl (C=O) groups excluding carboxylic acids is 1. The van der Waals surface area contributed by atoms with Crippen molar-refractivity contribution in [1.29, 1.82) is 0 Å². The van der Waals surface area contributed by atoms with Gasteiger partial charge in [-0.15, -0.1) is 12.4 Å². The number of hydrogen-bond donors (Lipinski definition) is 1. The Morgan fingerprint density at radius 1 is 1.42 bits per heavy atom. The topological polar surface area (TPSA) is 49.6 Å². The van der Waals surface area contributed by atoms with Gasteiger partial charge >= 0.3 is 0 Å². The van der Waals surface area contributed by atoms with E-state index in [2.05, 4.69) is 18.9 Å². The Kier molecular flexibility index (Phi) is 9.40. The highest BCUT2D eigenvalue weighted by Gasteiger charge is 2.24. The molecule has 1 aliphatic heterocycles. The van der Waals surface area contributed by atoms with Gasteiger partial charge in [0, 0.05) is 19.6 Å². The van der Waals surface area contributed by atoms with Gasteiger partial charge in [-0.25, -0.2) is 0 Å². The van der Waals surface area contributed by atoms with E-state index in [0.29, 0.717) is 0 Å². The third-order valence-electron chi connectivity index (χ3n) is 3.78. The van der Waals surface area contributed by atoms with E-state index in [1.807, 2.05) is 4.90 Å². The van der Waals surface area contributed by atoms with Crippen LogP contribution in [0.1, 0.15) is 39.5 Å². The van der Waals surface area contributed by atoms with Gasteiger partial charge in [-0.2, -0.15) is 0 Å². The van der Waals surface area contributed by atoms with Gasteiger partial charge in [0.2, 0.25) is 5.91 Å². The first-order valence-corrected chi connectivity index (χ1v) is 7.27. The number of nitrogens with zero attached hydrogens (tertiary/aromatic N) is 2. The maximum Gasteiger partial charge on any atom is 0.239 e. The zero-order valence-corrected chi connectivity index (χ0v) is 13.4. The summed E-state index contributed by atoms with van der Waals surface area (Å²) in [5.74, 6) is 0.844. The summed E-state index contributed by atoms with van der Waals surface area (Å²) in [6.07, 6.45) is 4.77. The van der Waals surface area contributed by atoms with Gasteiger partial charge in [-0.1, -0.05) is 13.3 Å². The molecular formula is C14H30ClN3O. The number of unbranched alkanes of at least 4 members (excludes halogenated alkanes) is 1. The number of nitrogens with two attached hydrogens (primary N) is 1. The zero-order chi connectivity index (χ0) is 13.5. The average Bonchev–Trinajstić information content (AvgIpc) is 2.36. The molecule has 0 aliphatic carbocycles. The van der Waals surface area contributed by atoms with Crippen LogP contribution in [0, 0.1) is 5.92 Å². The fourth-order valence-electron chi connectivity index (χ4n) is 2.58. The Balaban J connectivity index is 0.00000324. The largest absolute Gasteiger partial charge is 0.341 e. The summed E-state index contributed by atoms with van der Waals surface area (Å²) in [4.78, 5) is 16.1. The van der Waals surface area contributed by atoms with Crippen LogP contribution in [-0.4, -0.2) is 55.0 Å². The maximum atomic E-state index is 11.8. The van der Waals surface area contributed by atoms with Crippen molar-refractivity contribution in [3.8, 4) is 0 Å². The minimum atomic E-state index is -0.353. The van der Waals surface area contributed by atoms with E-state index in [0.717, 1.165) is 31.8 Å². The van der Waals surface area contributed by atoms with E-state index in [1.54, 1.807) is 6.92 Å². The monoisotopic (exact) mass is 291 g/mol. The van der Waals surface area contributed by atoms with Crippen molar-refractivity contribution in [3.05, 3.63) is 0 Å². The van der Waals surface area contributed by atoms with E-state index in [-0.39, 0.29) is 24.4 Å². The molecule has 1 rings (SSSR count). The number of rotatable bonds is 6. The lowest BCUT2D eigenvalue weighted by molar-refractivity contribution is -0.133. The molecule has 1 aliphatic rings. The molecule has 0 spiro atoms. The van der Waals surface area contributed by atoms with Crippen LogP contribution in [0.5, 0.6) is 0 Å². The lowest BCUT2D eigenvalue weighted by Crippen LogP contribution is -2.47. The molecule has 0 saturated carbocycles. The quantitative estimate of drug-likeness (QED) is 0.811. The Hall–Kier alpha value is -0.320. The molecule has 1 heterocycles. The van der Waals surface area contributed by atoms with Crippen LogP contribution in [-0.2, 0) is 4.79 Å². The fraction of sp³-hybridized carbons (Fsp3) is 0.929. The number of carbonyl (C=O) groups is 1. The van der Waals surface area contributed by atoms with E-state index < -0.39 is 0 Å². The number of piperidine rings is 1. The third kappa shape index (κ3) is 6.59. The second kappa shape index (κ2) is 9.56. The van der Waals surface area contributed by atoms with Gasteiger partial charge in [0.1, 0.15) is 0 Å². The average molecular weight is 292 g/mol. The molecule has 1 fully saturated rings. The number of hydrogen-bond acceptors (Lipinski definition) is 3. The molecule has 1 unspecified atom stereocenters. The minimum Gasteiger partial charge on any atom is -0.341 e. The molecule has 1 saturated heterocycles. The van der Waals surface area contributed by atoms with E-state index in [1.165, 1.54) is 25.9 Å². The normalized spacial score (nSPS) is 18.3. The van der Waals surface area contributed by atoms with Crippen molar-refractivity contribution < 1.29 is 4.79 Å². The zero-order valence-electron chi connectivity index (χ0n) is 12.6. The fourth-order valence-corrected chi connectivity index (χ4v) is 2.58. The number of likely N-dealkylation sites (tertiary alicyclic amines) is 1. The van der Waals surface area contributed by atoms with E-state index in [4.69, 9.17) is 5.73 Å². The lowest BCUT2D eigenvalue weighted by atomic mass is 9.96. The maximum absolute atomic E-state index is 11.8. The molecule has 114 valence electrons. The second-order valence-electron chi connectivity index (χ2n) is 5.67. The van der Waals surface area contributed by atoms with Crippen molar-refractivity contribution in [1.82, 2.24) is 9.80 Å². The predicted octanol–water partition coefficient (Wildman–Crippen LogP) is 1.73. The predicted molar refractivity (Wildman–Crippen MR) is 82.6 cm³/mol. The Morgan fingerprint density at radius 2 is 2.00 bits per heavy atom. The highest BCUT2D eigenvalue weighted by molar-refractivity contribution is 5.85. The summed E-state index contributed by atoms with van der Waals surface area (Å²) in [6, 6.07) is -0.353. The smallest absolute Gasteiger partial charge is 0.239 e. The van der Waals surface area contributed by atoms with Gasteiger partial charge < -0.3 is 15.5 Å². The Bertz CT molecular complexity index is 253. The molecule has 0 radical (unpaired) electrons. The summed E-state index contributed by atoms with van der Waals surface area (Å²) in [5.41, 5.74) is 5.64. The number of halogens is 1. The molecule has 19 heavy (non-hydrogen) atoms. The Morgan fingerprint density at radius 3 is 2.47 bits per heavy atom. The summed E-state index contributed by atoms with van der Waals surface area (Å²) >= 11 is 0. The van der Waals surface area contributed by atoms with Gasteiger partial charge in [0.25, 0.3) is 0 Å². The molecule has 4 nitrogen and oxygen atoms in total. The molecule has 0 bridgehead atoms. The van der Waals surface area contributed by atoms with E-state index in [9.17, 15) is 4.79 Å². The molecule has 1 atom stereocenters. The Labute approximate surface area is 124 Å². The molecule has 0 aromatic carbocycles. The van der Waals surface area contributed by atoms with Crippen LogP contribution in [0.4, 0.5) is 0 Å². The first kappa shape index (κ1) is 18.7. The van der Waals surface area contributed by atoms with Crippen LogP contribution in [0.15, 0.2) is 0 Å². The van der Waals surface area contributed by atoms with Gasteiger partial charge in [-0.3, -0.25) is 4.79 Å². The highest BCUT2D eigenvalue weighted by atomic mass is 35.5. The lowest BCUT2D eigenvalue weighted by Gasteiger charge is -2.34. The SMILES string of the molecule is CCCCN(C)CC1CCN(C(=O)C(C)N)CC1.Cl. The van der Waals surface area contributed by atoms with Crippen LogP contribution >= 0.6 is 12.4 Å². The van der Waals surface area contributed by atoms with Gasteiger partial charge in [0.15, 0.2) is 0 Å². The van der Waals surface area contributed by atoms with Crippen LogP contribution in [0.2, 0.25) is 0 Å². The van der Waals surface area contributed by atoms with Crippen LogP contribution < -0.4 is 5.73 Å². The molecule has 0 aromatic rings.